The van der Waals surface area contributed by atoms with Crippen molar-refractivity contribution in [3.63, 3.8) is 0 Å². The number of unbranched alkanes of at least 4 members (excludes halogenated alkanes) is 1. The van der Waals surface area contributed by atoms with Crippen molar-refractivity contribution in [2.45, 2.75) is 76.4 Å². The van der Waals surface area contributed by atoms with Gasteiger partial charge in [0.05, 0.1) is 32.0 Å². The fraction of sp³-hybridized carbons (Fsp3) is 0.944. The smallest absolute Gasteiger partial charge is 0.306 e. The Hall–Kier alpha value is 0.0500. The van der Waals surface area contributed by atoms with Crippen molar-refractivity contribution in [2.75, 3.05) is 32.7 Å². The predicted octanol–water partition coefficient (Wildman–Crippen LogP) is 3.55. The summed E-state index contributed by atoms with van der Waals surface area (Å²) in [5, 5.41) is 0.371. The van der Waals surface area contributed by atoms with Gasteiger partial charge in [-0.1, -0.05) is 6.42 Å². The molecule has 0 aliphatic carbocycles. The van der Waals surface area contributed by atoms with Gasteiger partial charge in [0.25, 0.3) is 0 Å². The second-order valence-corrected chi connectivity index (χ2v) is 7.63. The van der Waals surface area contributed by atoms with Crippen molar-refractivity contribution in [3.05, 3.63) is 0 Å². The first-order valence-corrected chi connectivity index (χ1v) is 10.2. The average molecular weight is 397 g/mol. The fourth-order valence-corrected chi connectivity index (χ4v) is 3.02. The molecule has 7 heteroatoms. The lowest BCUT2D eigenvalue weighted by atomic mass is 10.1. The van der Waals surface area contributed by atoms with Gasteiger partial charge in [0.15, 0.2) is 0 Å². The summed E-state index contributed by atoms with van der Waals surface area (Å²) in [5.41, 5.74) is 0. The van der Waals surface area contributed by atoms with Crippen LogP contribution in [0.3, 0.4) is 0 Å². The molecule has 0 heterocycles. The van der Waals surface area contributed by atoms with Crippen LogP contribution in [-0.2, 0) is 23.7 Å². The molecule has 0 fully saturated rings. The number of hydrogen-bond acceptors (Lipinski definition) is 7. The summed E-state index contributed by atoms with van der Waals surface area (Å²) in [6, 6.07) is 0. The molecule has 0 saturated heterocycles. The zero-order valence-corrected chi connectivity index (χ0v) is 17.9. The Labute approximate surface area is 164 Å². The highest BCUT2D eigenvalue weighted by molar-refractivity contribution is 7.81. The van der Waals surface area contributed by atoms with Crippen LogP contribution in [0.2, 0.25) is 0 Å². The van der Waals surface area contributed by atoms with Crippen LogP contribution in [0.1, 0.15) is 52.9 Å². The Balaban J connectivity index is 3.69. The highest BCUT2D eigenvalue weighted by Gasteiger charge is 2.13. The molecule has 0 N–H and O–H groups in total. The molecule has 4 atom stereocenters. The van der Waals surface area contributed by atoms with Gasteiger partial charge in [-0.05, 0) is 45.8 Å². The molecule has 0 aromatic heterocycles. The number of methoxy groups -OCH3 is 1. The van der Waals surface area contributed by atoms with Crippen LogP contribution >= 0.6 is 25.3 Å². The molecule has 0 spiro atoms. The van der Waals surface area contributed by atoms with Crippen LogP contribution < -0.4 is 0 Å². The molecule has 0 radical (unpaired) electrons. The van der Waals surface area contributed by atoms with E-state index in [0.717, 1.165) is 31.4 Å². The van der Waals surface area contributed by atoms with E-state index in [1.54, 1.807) is 7.11 Å². The topological polar surface area (TPSA) is 54.0 Å². The van der Waals surface area contributed by atoms with Gasteiger partial charge in [-0.2, -0.15) is 25.3 Å². The number of ether oxygens (including phenoxy) is 4. The monoisotopic (exact) mass is 396 g/mol. The molecule has 25 heavy (non-hydrogen) atoms. The summed E-state index contributed by atoms with van der Waals surface area (Å²) in [7, 11) is 1.65. The lowest BCUT2D eigenvalue weighted by molar-refractivity contribution is -0.153. The quantitative estimate of drug-likeness (QED) is 0.237. The van der Waals surface area contributed by atoms with Gasteiger partial charge in [-0.3, -0.25) is 4.79 Å². The average Bonchev–Trinajstić information content (AvgIpc) is 2.55. The predicted molar refractivity (Wildman–Crippen MR) is 108 cm³/mol. The second kappa shape index (κ2) is 16.2. The van der Waals surface area contributed by atoms with E-state index < -0.39 is 0 Å². The summed E-state index contributed by atoms with van der Waals surface area (Å²) >= 11 is 8.67. The van der Waals surface area contributed by atoms with Gasteiger partial charge >= 0.3 is 5.97 Å². The van der Waals surface area contributed by atoms with E-state index >= 15 is 0 Å². The van der Waals surface area contributed by atoms with Gasteiger partial charge < -0.3 is 18.9 Å². The SMILES string of the molecule is COCC(C)OCC(C)OCC(C)OC(=O)CCCCC(S)CCS. The van der Waals surface area contributed by atoms with E-state index in [1.165, 1.54) is 0 Å². The fourth-order valence-electron chi connectivity index (χ4n) is 2.19. The van der Waals surface area contributed by atoms with E-state index in [1.807, 2.05) is 20.8 Å². The van der Waals surface area contributed by atoms with Gasteiger partial charge in [-0.15, -0.1) is 0 Å². The molecule has 150 valence electrons. The number of esters is 1. The molecule has 0 aliphatic rings. The summed E-state index contributed by atoms with van der Waals surface area (Å²) < 4.78 is 21.6. The van der Waals surface area contributed by atoms with Crippen LogP contribution in [0.15, 0.2) is 0 Å². The Bertz CT molecular complexity index is 331. The number of carbonyl (C=O) groups excluding carboxylic acids is 1. The van der Waals surface area contributed by atoms with E-state index in [-0.39, 0.29) is 24.3 Å². The van der Waals surface area contributed by atoms with E-state index in [2.05, 4.69) is 25.3 Å². The van der Waals surface area contributed by atoms with Crippen molar-refractivity contribution in [1.82, 2.24) is 0 Å². The zero-order valence-electron chi connectivity index (χ0n) is 16.1. The molecule has 0 amide bonds. The minimum atomic E-state index is -0.256. The summed E-state index contributed by atoms with van der Waals surface area (Å²) in [6.45, 7) is 7.15. The van der Waals surface area contributed by atoms with E-state index in [0.29, 0.717) is 31.5 Å². The largest absolute Gasteiger partial charge is 0.460 e. The van der Waals surface area contributed by atoms with Crippen LogP contribution in [-0.4, -0.2) is 62.2 Å². The highest BCUT2D eigenvalue weighted by Crippen LogP contribution is 2.13. The molecular formula is C18H36O5S2. The molecule has 5 nitrogen and oxygen atoms in total. The third-order valence-electron chi connectivity index (χ3n) is 3.60. The Morgan fingerprint density at radius 1 is 0.920 bits per heavy atom. The van der Waals surface area contributed by atoms with Crippen LogP contribution in [0, 0.1) is 0 Å². The Morgan fingerprint density at radius 2 is 1.52 bits per heavy atom. The maximum absolute atomic E-state index is 11.8. The lowest BCUT2D eigenvalue weighted by Crippen LogP contribution is -2.27. The van der Waals surface area contributed by atoms with Gasteiger partial charge in [0.2, 0.25) is 0 Å². The van der Waals surface area contributed by atoms with Crippen molar-refractivity contribution in [3.8, 4) is 0 Å². The highest BCUT2D eigenvalue weighted by atomic mass is 32.1. The minimum Gasteiger partial charge on any atom is -0.460 e. The van der Waals surface area contributed by atoms with Gasteiger partial charge in [0, 0.05) is 18.8 Å². The van der Waals surface area contributed by atoms with Crippen LogP contribution in [0.4, 0.5) is 0 Å². The standard InChI is InChI=1S/C18H36O5S2/c1-14(11-20-4)21-12-15(2)22-13-16(3)23-18(19)8-6-5-7-17(25)9-10-24/h14-17,24-25H,5-13H2,1-4H3. The van der Waals surface area contributed by atoms with Crippen molar-refractivity contribution >= 4 is 31.2 Å². The summed E-state index contributed by atoms with van der Waals surface area (Å²) in [4.78, 5) is 11.8. The normalized spacial score (nSPS) is 16.2. The number of thiol groups is 2. The van der Waals surface area contributed by atoms with Crippen molar-refractivity contribution in [2.24, 2.45) is 0 Å². The van der Waals surface area contributed by atoms with Crippen LogP contribution in [0.25, 0.3) is 0 Å². The first kappa shape index (κ1) is 25.1. The molecular weight excluding hydrogens is 360 g/mol. The molecule has 0 aromatic rings. The summed E-state index contributed by atoms with van der Waals surface area (Å²) in [6.07, 6.45) is 3.99. The molecule has 0 aliphatic heterocycles. The van der Waals surface area contributed by atoms with E-state index in [9.17, 15) is 4.79 Å². The van der Waals surface area contributed by atoms with Crippen molar-refractivity contribution < 1.29 is 23.7 Å². The number of hydrogen-bond donors (Lipinski definition) is 2. The zero-order chi connectivity index (χ0) is 19.1. The van der Waals surface area contributed by atoms with E-state index in [4.69, 9.17) is 18.9 Å². The molecule has 0 saturated carbocycles. The third kappa shape index (κ3) is 16.0. The first-order valence-electron chi connectivity index (χ1n) is 9.09. The molecule has 0 rings (SSSR count). The minimum absolute atomic E-state index is 0.0379. The first-order chi connectivity index (χ1) is 11.9. The third-order valence-corrected chi connectivity index (χ3v) is 4.37. The molecule has 0 aromatic carbocycles. The lowest BCUT2D eigenvalue weighted by Gasteiger charge is -2.19. The number of rotatable bonds is 16. The maximum atomic E-state index is 11.8. The summed E-state index contributed by atoms with van der Waals surface area (Å²) in [5.74, 6) is 0.682. The van der Waals surface area contributed by atoms with Gasteiger partial charge in [-0.25, -0.2) is 0 Å². The Kier molecular flexibility index (Phi) is 16.3. The van der Waals surface area contributed by atoms with Crippen LogP contribution in [0.5, 0.6) is 0 Å². The number of carbonyl (C=O) groups is 1. The van der Waals surface area contributed by atoms with Crippen molar-refractivity contribution in [1.29, 1.82) is 0 Å². The Morgan fingerprint density at radius 3 is 2.12 bits per heavy atom. The van der Waals surface area contributed by atoms with Gasteiger partial charge in [0.1, 0.15) is 6.10 Å². The second-order valence-electron chi connectivity index (χ2n) is 6.46. The molecule has 4 unspecified atom stereocenters. The maximum Gasteiger partial charge on any atom is 0.306 e. The molecule has 0 bridgehead atoms.